The molecule has 1 saturated carbocycles. The second-order valence-corrected chi connectivity index (χ2v) is 7.55. The third-order valence-corrected chi connectivity index (χ3v) is 5.77. The first-order chi connectivity index (χ1) is 14.9. The Labute approximate surface area is 181 Å². The third-order valence-electron chi connectivity index (χ3n) is 5.77. The van der Waals surface area contributed by atoms with E-state index in [1.807, 2.05) is 13.8 Å². The lowest BCUT2D eigenvalue weighted by Crippen LogP contribution is -2.24. The fourth-order valence-electron chi connectivity index (χ4n) is 4.05. The summed E-state index contributed by atoms with van der Waals surface area (Å²) >= 11 is 0. The molecule has 0 atom stereocenters. The van der Waals surface area contributed by atoms with Crippen LogP contribution in [0.15, 0.2) is 18.2 Å². The number of ether oxygens (including phenoxy) is 3. The Bertz CT molecular complexity index is 1030. The van der Waals surface area contributed by atoms with Gasteiger partial charge < -0.3 is 24.1 Å². The number of esters is 1. The number of rotatable bonds is 7. The summed E-state index contributed by atoms with van der Waals surface area (Å²) in [4.78, 5) is 24.9. The van der Waals surface area contributed by atoms with Gasteiger partial charge in [-0.1, -0.05) is 12.8 Å². The topological polar surface area (TPSA) is 103 Å². The molecule has 0 spiro atoms. The van der Waals surface area contributed by atoms with Crippen LogP contribution >= 0.6 is 0 Å². The molecule has 2 aromatic rings. The predicted octanol–water partition coefficient (Wildman–Crippen LogP) is 3.90. The first-order valence-corrected chi connectivity index (χ1v) is 10.2. The van der Waals surface area contributed by atoms with Crippen LogP contribution in [0.4, 0.5) is 5.82 Å². The molecule has 1 fully saturated rings. The van der Waals surface area contributed by atoms with Gasteiger partial charge in [-0.15, -0.1) is 0 Å². The van der Waals surface area contributed by atoms with Crippen molar-refractivity contribution in [1.82, 2.24) is 4.57 Å². The fraction of sp³-hybridized carbons (Fsp3) is 0.435. The number of benzene rings is 1. The molecule has 0 unspecified atom stereocenters. The molecule has 1 aromatic carbocycles. The van der Waals surface area contributed by atoms with Gasteiger partial charge in [0.05, 0.1) is 25.3 Å². The summed E-state index contributed by atoms with van der Waals surface area (Å²) in [5.41, 5.74) is 2.52. The third kappa shape index (κ3) is 4.50. The van der Waals surface area contributed by atoms with E-state index in [0.717, 1.165) is 36.9 Å². The highest BCUT2D eigenvalue weighted by Crippen LogP contribution is 2.37. The molecule has 31 heavy (non-hydrogen) atoms. The number of carbonyl (C=O) groups excluding carboxylic acids is 2. The number of aromatic nitrogens is 1. The molecule has 1 aliphatic rings. The van der Waals surface area contributed by atoms with Crippen molar-refractivity contribution < 1.29 is 23.8 Å². The highest BCUT2D eigenvalue weighted by atomic mass is 16.5. The Balaban J connectivity index is 1.72. The Morgan fingerprint density at radius 2 is 1.84 bits per heavy atom. The molecule has 0 saturated heterocycles. The molecule has 1 N–H and O–H groups in total. The lowest BCUT2D eigenvalue weighted by atomic mass is 10.2. The molecule has 8 nitrogen and oxygen atoms in total. The van der Waals surface area contributed by atoms with E-state index in [-0.39, 0.29) is 11.6 Å². The normalized spacial score (nSPS) is 13.5. The summed E-state index contributed by atoms with van der Waals surface area (Å²) in [7, 11) is 2.97. The van der Waals surface area contributed by atoms with Gasteiger partial charge in [0, 0.05) is 11.7 Å². The molecule has 0 aliphatic heterocycles. The van der Waals surface area contributed by atoms with Crippen LogP contribution in [0.5, 0.6) is 11.5 Å². The SMILES string of the molecule is COc1ccc(C(=O)OCC(=O)Nc2c(C#N)c(C)c(C)n2C2CCCC2)cc1OC. The number of nitriles is 1. The second kappa shape index (κ2) is 9.56. The number of hydrogen-bond acceptors (Lipinski definition) is 6. The Morgan fingerprint density at radius 1 is 1.16 bits per heavy atom. The van der Waals surface area contributed by atoms with Crippen molar-refractivity contribution in [3.8, 4) is 17.6 Å². The summed E-state index contributed by atoms with van der Waals surface area (Å²) < 4.78 is 17.6. The van der Waals surface area contributed by atoms with Crippen molar-refractivity contribution in [2.75, 3.05) is 26.1 Å². The highest BCUT2D eigenvalue weighted by molar-refractivity contribution is 5.96. The van der Waals surface area contributed by atoms with E-state index in [4.69, 9.17) is 14.2 Å². The minimum absolute atomic E-state index is 0.240. The smallest absolute Gasteiger partial charge is 0.338 e. The number of anilines is 1. The number of hydrogen-bond donors (Lipinski definition) is 1. The molecule has 3 rings (SSSR count). The van der Waals surface area contributed by atoms with Crippen molar-refractivity contribution >= 4 is 17.7 Å². The molecule has 1 heterocycles. The van der Waals surface area contributed by atoms with Gasteiger partial charge in [0.15, 0.2) is 18.1 Å². The van der Waals surface area contributed by atoms with E-state index in [1.165, 1.54) is 26.4 Å². The van der Waals surface area contributed by atoms with Gasteiger partial charge in [0.2, 0.25) is 0 Å². The molecule has 1 amide bonds. The Morgan fingerprint density at radius 3 is 2.45 bits per heavy atom. The summed E-state index contributed by atoms with van der Waals surface area (Å²) in [5.74, 6) is 0.202. The van der Waals surface area contributed by atoms with Crippen molar-refractivity contribution in [2.24, 2.45) is 0 Å². The minimum atomic E-state index is -0.657. The number of carbonyl (C=O) groups is 2. The van der Waals surface area contributed by atoms with Crippen LogP contribution in [0.2, 0.25) is 0 Å². The van der Waals surface area contributed by atoms with Gasteiger partial charge in [-0.2, -0.15) is 5.26 Å². The Hall–Kier alpha value is -3.47. The monoisotopic (exact) mass is 425 g/mol. The van der Waals surface area contributed by atoms with Gasteiger partial charge >= 0.3 is 5.97 Å². The zero-order valence-corrected chi connectivity index (χ0v) is 18.3. The van der Waals surface area contributed by atoms with E-state index in [1.54, 1.807) is 6.07 Å². The molecule has 1 aromatic heterocycles. The van der Waals surface area contributed by atoms with Gasteiger partial charge in [0.1, 0.15) is 11.9 Å². The number of nitrogens with zero attached hydrogens (tertiary/aromatic N) is 2. The van der Waals surface area contributed by atoms with Crippen LogP contribution in [0.1, 0.15) is 58.9 Å². The quantitative estimate of drug-likeness (QED) is 0.675. The van der Waals surface area contributed by atoms with E-state index < -0.39 is 18.5 Å². The van der Waals surface area contributed by atoms with Gasteiger partial charge in [-0.25, -0.2) is 4.79 Å². The molecule has 0 bridgehead atoms. The van der Waals surface area contributed by atoms with Crippen LogP contribution in [-0.2, 0) is 9.53 Å². The van der Waals surface area contributed by atoms with Gasteiger partial charge in [-0.3, -0.25) is 4.79 Å². The Kier molecular flexibility index (Phi) is 6.85. The standard InChI is InChI=1S/C23H27N3O5/c1-14-15(2)26(17-7-5-6-8-17)22(18(14)12-24)25-21(27)13-31-23(28)16-9-10-19(29-3)20(11-16)30-4/h9-11,17H,5-8,13H2,1-4H3,(H,25,27). The fourth-order valence-corrected chi connectivity index (χ4v) is 4.05. The lowest BCUT2D eigenvalue weighted by Gasteiger charge is -2.19. The summed E-state index contributed by atoms with van der Waals surface area (Å²) in [6, 6.07) is 7.07. The van der Waals surface area contributed by atoms with E-state index in [0.29, 0.717) is 22.9 Å². The van der Waals surface area contributed by atoms with Crippen molar-refractivity contribution in [3.63, 3.8) is 0 Å². The summed E-state index contributed by atoms with van der Waals surface area (Å²) in [6.45, 7) is 3.37. The van der Waals surface area contributed by atoms with Crippen molar-refractivity contribution in [1.29, 1.82) is 5.26 Å². The second-order valence-electron chi connectivity index (χ2n) is 7.55. The first-order valence-electron chi connectivity index (χ1n) is 10.2. The van der Waals surface area contributed by atoms with Crippen LogP contribution in [0, 0.1) is 25.2 Å². The predicted molar refractivity (Wildman–Crippen MR) is 115 cm³/mol. The summed E-state index contributed by atoms with van der Waals surface area (Å²) in [6.07, 6.45) is 4.27. The maximum absolute atomic E-state index is 12.6. The van der Waals surface area contributed by atoms with Crippen LogP contribution in [-0.4, -0.2) is 37.3 Å². The largest absolute Gasteiger partial charge is 0.493 e. The minimum Gasteiger partial charge on any atom is -0.493 e. The highest BCUT2D eigenvalue weighted by Gasteiger charge is 2.27. The van der Waals surface area contributed by atoms with Crippen LogP contribution < -0.4 is 14.8 Å². The van der Waals surface area contributed by atoms with Gasteiger partial charge in [-0.05, 0) is 50.5 Å². The van der Waals surface area contributed by atoms with Crippen molar-refractivity contribution in [3.05, 3.63) is 40.6 Å². The molecular weight excluding hydrogens is 398 g/mol. The lowest BCUT2D eigenvalue weighted by molar-refractivity contribution is -0.119. The van der Waals surface area contributed by atoms with E-state index in [2.05, 4.69) is 16.0 Å². The average molecular weight is 425 g/mol. The molecule has 8 heteroatoms. The molecular formula is C23H27N3O5. The van der Waals surface area contributed by atoms with Crippen LogP contribution in [0.25, 0.3) is 0 Å². The van der Waals surface area contributed by atoms with Crippen molar-refractivity contribution in [2.45, 2.75) is 45.6 Å². The maximum atomic E-state index is 12.6. The first kappa shape index (κ1) is 22.2. The number of methoxy groups -OCH3 is 2. The number of nitrogens with one attached hydrogen (secondary N) is 1. The maximum Gasteiger partial charge on any atom is 0.338 e. The molecule has 164 valence electrons. The zero-order chi connectivity index (χ0) is 22.5. The zero-order valence-electron chi connectivity index (χ0n) is 18.3. The summed E-state index contributed by atoms with van der Waals surface area (Å²) in [5, 5.41) is 12.4. The van der Waals surface area contributed by atoms with Crippen LogP contribution in [0.3, 0.4) is 0 Å². The average Bonchev–Trinajstić information content (AvgIpc) is 3.38. The van der Waals surface area contributed by atoms with Gasteiger partial charge in [0.25, 0.3) is 5.91 Å². The van der Waals surface area contributed by atoms with E-state index >= 15 is 0 Å². The number of amides is 1. The van der Waals surface area contributed by atoms with E-state index in [9.17, 15) is 14.9 Å². The molecule has 1 aliphatic carbocycles. The molecule has 0 radical (unpaired) electrons.